The van der Waals surface area contributed by atoms with Crippen LogP contribution in [0.5, 0.6) is 23.0 Å². The number of carbonyl (C=O) groups is 4. The van der Waals surface area contributed by atoms with Crippen LogP contribution in [0.4, 0.5) is 0 Å². The molecule has 2 heterocycles. The summed E-state index contributed by atoms with van der Waals surface area (Å²) >= 11 is 0. The van der Waals surface area contributed by atoms with E-state index in [1.807, 2.05) is 0 Å². The molecule has 0 bridgehead atoms. The van der Waals surface area contributed by atoms with Gasteiger partial charge in [-0.2, -0.15) is 0 Å². The molecular weight excluding hydrogens is 444 g/mol. The third-order valence-corrected chi connectivity index (χ3v) is 6.01. The topological polar surface area (TPSA) is 147 Å². The number of ether oxygens (including phenoxy) is 2. The minimum atomic E-state index is -1.76. The van der Waals surface area contributed by atoms with Gasteiger partial charge in [0.1, 0.15) is 23.0 Å². The van der Waals surface area contributed by atoms with Gasteiger partial charge in [0.05, 0.1) is 11.1 Å². The fraction of sp³-hybridized carbons (Fsp3) is 0.120. The van der Waals surface area contributed by atoms with E-state index in [0.717, 1.165) is 6.92 Å². The third kappa shape index (κ3) is 2.67. The Morgan fingerprint density at radius 3 is 1.82 bits per heavy atom. The maximum absolute atomic E-state index is 13.3. The monoisotopic (exact) mass is 460 g/mol. The Bertz CT molecular complexity index is 1430. The summed E-state index contributed by atoms with van der Waals surface area (Å²) in [5.41, 5.74) is -2.74. The van der Waals surface area contributed by atoms with Crippen LogP contribution >= 0.6 is 0 Å². The summed E-state index contributed by atoms with van der Waals surface area (Å²) in [5.74, 6) is -3.95. The number of fused-ring (bicyclic) bond motifs is 6. The number of carboxylic acids is 1. The Morgan fingerprint density at radius 2 is 1.35 bits per heavy atom. The van der Waals surface area contributed by atoms with Crippen LogP contribution in [0, 0.1) is 0 Å². The highest BCUT2D eigenvalue weighted by Crippen LogP contribution is 2.57. The molecule has 9 heteroatoms. The van der Waals surface area contributed by atoms with Crippen molar-refractivity contribution in [3.63, 3.8) is 0 Å². The second-order valence-electron chi connectivity index (χ2n) is 8.05. The number of phenolic OH excluding ortho intramolecular Hbond substituents is 2. The zero-order valence-electron chi connectivity index (χ0n) is 17.8. The molecule has 170 valence electrons. The molecule has 0 atom stereocenters. The van der Waals surface area contributed by atoms with E-state index >= 15 is 0 Å². The predicted molar refractivity (Wildman–Crippen MR) is 115 cm³/mol. The lowest BCUT2D eigenvalue weighted by molar-refractivity contribution is 0.0222. The van der Waals surface area contributed by atoms with Crippen LogP contribution in [-0.4, -0.2) is 38.8 Å². The standard InChI is InChI=1S/C25H16O9/c1-10(26)14-9-17-21(22(23(30)31)20(14)11(2)27)24(32)34-25(17)15-5-3-12(28)7-18(15)33-19-8-13(29)4-6-16(19)25/h3-9,28-29H,1-2H3,(H,30,31). The van der Waals surface area contributed by atoms with E-state index < -0.39 is 34.7 Å². The second-order valence-corrected chi connectivity index (χ2v) is 8.05. The van der Waals surface area contributed by atoms with Gasteiger partial charge in [-0.05, 0) is 44.2 Å². The molecule has 0 saturated heterocycles. The van der Waals surface area contributed by atoms with Gasteiger partial charge in [0.25, 0.3) is 0 Å². The molecule has 0 unspecified atom stereocenters. The number of aromatic carboxylic acids is 1. The minimum absolute atomic E-state index is 0.0345. The van der Waals surface area contributed by atoms with E-state index in [4.69, 9.17) is 9.47 Å². The van der Waals surface area contributed by atoms with Gasteiger partial charge < -0.3 is 24.8 Å². The number of Topliss-reactive ketones (excluding diaryl/α,β-unsaturated/α-hetero) is 2. The van der Waals surface area contributed by atoms with Crippen molar-refractivity contribution in [2.45, 2.75) is 19.4 Å². The van der Waals surface area contributed by atoms with Crippen LogP contribution in [0.25, 0.3) is 0 Å². The molecule has 2 aliphatic heterocycles. The van der Waals surface area contributed by atoms with Gasteiger partial charge >= 0.3 is 11.9 Å². The summed E-state index contributed by atoms with van der Waals surface area (Å²) in [5, 5.41) is 30.0. The molecule has 0 radical (unpaired) electrons. The van der Waals surface area contributed by atoms with Crippen molar-refractivity contribution in [1.29, 1.82) is 0 Å². The van der Waals surface area contributed by atoms with Crippen molar-refractivity contribution in [1.82, 2.24) is 0 Å². The van der Waals surface area contributed by atoms with Crippen LogP contribution < -0.4 is 4.74 Å². The summed E-state index contributed by atoms with van der Waals surface area (Å²) in [4.78, 5) is 50.5. The molecule has 34 heavy (non-hydrogen) atoms. The molecule has 0 saturated carbocycles. The van der Waals surface area contributed by atoms with E-state index in [2.05, 4.69) is 0 Å². The van der Waals surface area contributed by atoms with E-state index in [-0.39, 0.29) is 56.4 Å². The largest absolute Gasteiger partial charge is 0.508 e. The lowest BCUT2D eigenvalue weighted by Crippen LogP contribution is -2.33. The number of aromatic hydroxyl groups is 2. The van der Waals surface area contributed by atoms with Gasteiger partial charge in [-0.1, -0.05) is 0 Å². The van der Waals surface area contributed by atoms with Crippen LogP contribution in [0.2, 0.25) is 0 Å². The Balaban J connectivity index is 1.99. The van der Waals surface area contributed by atoms with E-state index in [1.165, 1.54) is 49.4 Å². The highest BCUT2D eigenvalue weighted by Gasteiger charge is 2.56. The van der Waals surface area contributed by atoms with Crippen LogP contribution in [0.15, 0.2) is 42.5 Å². The molecular formula is C25H16O9. The zero-order chi connectivity index (χ0) is 24.5. The summed E-state index contributed by atoms with van der Waals surface area (Å²) in [7, 11) is 0. The maximum atomic E-state index is 13.3. The van der Waals surface area contributed by atoms with E-state index in [9.17, 15) is 34.5 Å². The number of esters is 1. The van der Waals surface area contributed by atoms with Crippen LogP contribution in [0.3, 0.4) is 0 Å². The molecule has 3 aromatic carbocycles. The first-order chi connectivity index (χ1) is 16.1. The maximum Gasteiger partial charge on any atom is 0.341 e. The van der Waals surface area contributed by atoms with Crippen molar-refractivity contribution in [2.24, 2.45) is 0 Å². The van der Waals surface area contributed by atoms with Crippen molar-refractivity contribution in [2.75, 3.05) is 0 Å². The number of hydrogen-bond acceptors (Lipinski definition) is 8. The fourth-order valence-corrected chi connectivity index (χ4v) is 4.71. The first-order valence-corrected chi connectivity index (χ1v) is 10.1. The smallest absolute Gasteiger partial charge is 0.341 e. The number of rotatable bonds is 3. The normalized spacial score (nSPS) is 14.5. The fourth-order valence-electron chi connectivity index (χ4n) is 4.71. The van der Waals surface area contributed by atoms with Crippen molar-refractivity contribution >= 4 is 23.5 Å². The van der Waals surface area contributed by atoms with Crippen LogP contribution in [-0.2, 0) is 10.3 Å². The van der Waals surface area contributed by atoms with Gasteiger partial charge in [-0.3, -0.25) is 9.59 Å². The molecule has 0 aliphatic carbocycles. The lowest BCUT2D eigenvalue weighted by atomic mass is 9.75. The summed E-state index contributed by atoms with van der Waals surface area (Å²) in [6.07, 6.45) is 0. The third-order valence-electron chi connectivity index (χ3n) is 6.01. The average Bonchev–Trinajstić information content (AvgIpc) is 3.04. The summed E-state index contributed by atoms with van der Waals surface area (Å²) in [6.45, 7) is 2.30. The summed E-state index contributed by atoms with van der Waals surface area (Å²) < 4.78 is 11.7. The molecule has 9 nitrogen and oxygen atoms in total. The Hall–Kier alpha value is -4.66. The number of phenols is 2. The molecule has 3 aromatic rings. The van der Waals surface area contributed by atoms with E-state index in [1.54, 1.807) is 0 Å². The highest BCUT2D eigenvalue weighted by molar-refractivity contribution is 6.18. The molecule has 0 fully saturated rings. The molecule has 1 spiro atoms. The molecule has 5 rings (SSSR count). The number of ketones is 2. The Labute approximate surface area is 191 Å². The minimum Gasteiger partial charge on any atom is -0.508 e. The van der Waals surface area contributed by atoms with Crippen LogP contribution in [0.1, 0.15) is 72.0 Å². The number of benzene rings is 3. The van der Waals surface area contributed by atoms with Gasteiger partial charge in [-0.15, -0.1) is 0 Å². The first-order valence-electron chi connectivity index (χ1n) is 10.1. The van der Waals surface area contributed by atoms with Gasteiger partial charge in [0.15, 0.2) is 17.2 Å². The molecule has 0 aromatic heterocycles. The van der Waals surface area contributed by atoms with Crippen molar-refractivity contribution in [3.05, 3.63) is 81.4 Å². The van der Waals surface area contributed by atoms with Crippen molar-refractivity contribution < 1.29 is 44.0 Å². The van der Waals surface area contributed by atoms with E-state index in [0.29, 0.717) is 0 Å². The lowest BCUT2D eigenvalue weighted by Gasteiger charge is -2.36. The zero-order valence-corrected chi connectivity index (χ0v) is 17.8. The van der Waals surface area contributed by atoms with Gasteiger partial charge in [-0.25, -0.2) is 9.59 Å². The molecule has 2 aliphatic rings. The summed E-state index contributed by atoms with van der Waals surface area (Å²) in [6, 6.07) is 9.45. The number of hydrogen-bond donors (Lipinski definition) is 3. The number of carboxylic acid groups (broad SMARTS) is 1. The highest BCUT2D eigenvalue weighted by atomic mass is 16.6. The first kappa shape index (κ1) is 21.2. The van der Waals surface area contributed by atoms with Gasteiger partial charge in [0, 0.05) is 39.9 Å². The number of carbonyl (C=O) groups excluding carboxylic acids is 3. The molecule has 3 N–H and O–H groups in total. The quantitative estimate of drug-likeness (QED) is 0.392. The Morgan fingerprint density at radius 1 is 0.794 bits per heavy atom. The Kier molecular flexibility index (Phi) is 4.31. The average molecular weight is 460 g/mol. The van der Waals surface area contributed by atoms with Gasteiger partial charge in [0.2, 0.25) is 0 Å². The predicted octanol–water partition coefficient (Wildman–Crippen LogP) is 3.77. The second kappa shape index (κ2) is 6.92. The molecule has 0 amide bonds. The SMILES string of the molecule is CC(=O)c1cc2c(c(C(=O)O)c1C(C)=O)C(=O)OC21c2ccc(O)cc2Oc2cc(O)ccc21. The van der Waals surface area contributed by atoms with Crippen molar-refractivity contribution in [3.8, 4) is 23.0 Å².